The molecule has 1 aromatic rings. The molecule has 102 valence electrons. The van der Waals surface area contributed by atoms with Crippen LogP contribution in [0.4, 0.5) is 0 Å². The molecule has 0 saturated heterocycles. The fraction of sp³-hybridized carbons (Fsp3) is 0.500. The minimum atomic E-state index is -2.63. The van der Waals surface area contributed by atoms with Gasteiger partial charge >= 0.3 is 127 Å². The third-order valence-corrected chi connectivity index (χ3v) is 15.7. The topological polar surface area (TPSA) is 17.1 Å². The van der Waals surface area contributed by atoms with Gasteiger partial charge in [0.05, 0.1) is 0 Å². The molecule has 0 bridgehead atoms. The van der Waals surface area contributed by atoms with Crippen molar-refractivity contribution in [2.24, 2.45) is 5.92 Å². The van der Waals surface area contributed by atoms with E-state index in [2.05, 4.69) is 58.4 Å². The molecule has 1 aromatic carbocycles. The quantitative estimate of drug-likeness (QED) is 0.575. The van der Waals surface area contributed by atoms with E-state index >= 15 is 0 Å². The molecule has 0 unspecified atom stereocenters. The predicted octanol–water partition coefficient (Wildman–Crippen LogP) is 4.28. The number of aryl methyl sites for hydroxylation is 3. The third kappa shape index (κ3) is 4.07. The van der Waals surface area contributed by atoms with Gasteiger partial charge in [0, 0.05) is 0 Å². The molecule has 0 saturated carbocycles. The van der Waals surface area contributed by atoms with Crippen molar-refractivity contribution in [1.29, 1.82) is 0 Å². The van der Waals surface area contributed by atoms with Crippen molar-refractivity contribution in [2.45, 2.75) is 39.1 Å². The van der Waals surface area contributed by atoms with Crippen LogP contribution in [-0.4, -0.2) is 19.5 Å². The van der Waals surface area contributed by atoms with Gasteiger partial charge in [-0.1, -0.05) is 0 Å². The average molecular weight is 492 g/mol. The number of halogens is 2. The zero-order chi connectivity index (χ0) is 14.1. The van der Waals surface area contributed by atoms with E-state index in [1.54, 1.807) is 0 Å². The van der Waals surface area contributed by atoms with Crippen molar-refractivity contribution in [2.75, 3.05) is 0 Å². The zero-order valence-electron chi connectivity index (χ0n) is 11.5. The van der Waals surface area contributed by atoms with Crippen molar-refractivity contribution >= 4 is 48.7 Å². The summed E-state index contributed by atoms with van der Waals surface area (Å²) >= 11 is 5.12. The summed E-state index contributed by atoms with van der Waals surface area (Å²) in [6.45, 7) is 10.3. The van der Waals surface area contributed by atoms with Crippen molar-refractivity contribution in [1.82, 2.24) is 0 Å². The molecule has 0 fully saturated rings. The zero-order valence-corrected chi connectivity index (χ0v) is 17.0. The molecule has 1 nitrogen and oxygen atoms in total. The molecule has 0 N–H and O–H groups in total. The Balaban J connectivity index is 3.16. The molecule has 0 atom stereocenters. The van der Waals surface area contributed by atoms with Crippen LogP contribution in [-0.2, 0) is 4.79 Å². The SMILES string of the molecule is Cc1cc(C)c([Te](Br)(Br)CC(=O)C(C)C)c(C)c1. The summed E-state index contributed by atoms with van der Waals surface area (Å²) in [5.74, 6) is 0.446. The van der Waals surface area contributed by atoms with Crippen molar-refractivity contribution < 1.29 is 4.79 Å². The van der Waals surface area contributed by atoms with E-state index in [-0.39, 0.29) is 5.92 Å². The van der Waals surface area contributed by atoms with Crippen LogP contribution in [0.25, 0.3) is 0 Å². The van der Waals surface area contributed by atoms with Gasteiger partial charge in [0.2, 0.25) is 0 Å². The number of hydrogen-bond donors (Lipinski definition) is 0. The van der Waals surface area contributed by atoms with Gasteiger partial charge in [-0.05, 0) is 0 Å². The third-order valence-electron chi connectivity index (χ3n) is 2.87. The number of hydrogen-bond acceptors (Lipinski definition) is 1. The Bertz CT molecular complexity index is 444. The molecule has 18 heavy (non-hydrogen) atoms. The second-order valence-electron chi connectivity index (χ2n) is 5.07. The van der Waals surface area contributed by atoms with E-state index in [0.29, 0.717) is 10.3 Å². The molecule has 0 radical (unpaired) electrons. The maximum atomic E-state index is 12.0. The normalized spacial score (nSPS) is 12.9. The Kier molecular flexibility index (Phi) is 5.93. The Morgan fingerprint density at radius 3 is 2.00 bits per heavy atom. The number of rotatable bonds is 4. The molecule has 0 aromatic heterocycles. The fourth-order valence-electron chi connectivity index (χ4n) is 2.06. The standard InChI is InChI=1S/C14H20Br2OTe/c1-9(2)13(17)8-18(15,16)14-11(4)6-10(3)7-12(14)5/h6-7,9H,8H2,1-5H3. The monoisotopic (exact) mass is 492 g/mol. The summed E-state index contributed by atoms with van der Waals surface area (Å²) in [6.07, 6.45) is 0. The van der Waals surface area contributed by atoms with Gasteiger partial charge in [-0.15, -0.1) is 0 Å². The Morgan fingerprint density at radius 1 is 1.17 bits per heavy atom. The Morgan fingerprint density at radius 2 is 1.61 bits per heavy atom. The van der Waals surface area contributed by atoms with Gasteiger partial charge in [0.1, 0.15) is 0 Å². The summed E-state index contributed by atoms with van der Waals surface area (Å²) < 4.78 is 2.00. The summed E-state index contributed by atoms with van der Waals surface area (Å²) in [5.41, 5.74) is 3.86. The Hall–Kier alpha value is 0.640. The van der Waals surface area contributed by atoms with E-state index in [1.165, 1.54) is 20.3 Å². The van der Waals surface area contributed by atoms with Crippen LogP contribution in [0.5, 0.6) is 0 Å². The molecule has 0 amide bonds. The molecule has 0 heterocycles. The van der Waals surface area contributed by atoms with Crippen LogP contribution >= 0.6 is 25.5 Å². The first kappa shape index (κ1) is 16.7. The van der Waals surface area contributed by atoms with E-state index in [9.17, 15) is 4.79 Å². The van der Waals surface area contributed by atoms with Crippen LogP contribution in [0.15, 0.2) is 12.1 Å². The number of benzene rings is 1. The second-order valence-corrected chi connectivity index (χ2v) is 31.0. The van der Waals surface area contributed by atoms with Crippen LogP contribution in [0.2, 0.25) is 4.47 Å². The molecule has 0 spiro atoms. The second kappa shape index (κ2) is 6.39. The number of carbonyl (C=O) groups is 1. The molecule has 0 aliphatic heterocycles. The summed E-state index contributed by atoms with van der Waals surface area (Å²) in [5, 5.41) is 0. The summed E-state index contributed by atoms with van der Waals surface area (Å²) in [6, 6.07) is 4.40. The first-order valence-corrected chi connectivity index (χ1v) is 19.2. The van der Waals surface area contributed by atoms with E-state index < -0.39 is 13.8 Å². The molecule has 0 aliphatic carbocycles. The van der Waals surface area contributed by atoms with Gasteiger partial charge in [0.15, 0.2) is 0 Å². The molecular formula is C14H20Br2OTe. The van der Waals surface area contributed by atoms with Crippen LogP contribution in [0.1, 0.15) is 30.5 Å². The van der Waals surface area contributed by atoms with Crippen molar-refractivity contribution in [3.63, 3.8) is 0 Å². The summed E-state index contributed by atoms with van der Waals surface area (Å²) in [4.78, 5) is 12.0. The molecular weight excluding hydrogens is 472 g/mol. The van der Waals surface area contributed by atoms with Gasteiger partial charge in [-0.25, -0.2) is 0 Å². The van der Waals surface area contributed by atoms with Gasteiger partial charge in [-0.2, -0.15) is 0 Å². The van der Waals surface area contributed by atoms with E-state index in [4.69, 9.17) is 0 Å². The maximum absolute atomic E-state index is 12.0. The number of Topliss-reactive ketones (excluding diaryl/α,β-unsaturated/α-hetero) is 1. The molecule has 1 rings (SSSR count). The van der Waals surface area contributed by atoms with Crippen LogP contribution in [0, 0.1) is 26.7 Å². The molecule has 0 aliphatic rings. The van der Waals surface area contributed by atoms with Gasteiger partial charge < -0.3 is 0 Å². The number of ketones is 1. The van der Waals surface area contributed by atoms with Crippen LogP contribution in [0.3, 0.4) is 0 Å². The minimum absolute atomic E-state index is 0.108. The predicted molar refractivity (Wildman–Crippen MR) is 88.5 cm³/mol. The fourth-order valence-corrected chi connectivity index (χ4v) is 17.3. The van der Waals surface area contributed by atoms with Crippen LogP contribution < -0.4 is 3.61 Å². The Labute approximate surface area is 126 Å². The molecule has 4 heteroatoms. The average Bonchev–Trinajstić information content (AvgIpc) is 2.13. The van der Waals surface area contributed by atoms with Crippen molar-refractivity contribution in [3.05, 3.63) is 28.8 Å². The van der Waals surface area contributed by atoms with Gasteiger partial charge in [-0.3, -0.25) is 0 Å². The summed E-state index contributed by atoms with van der Waals surface area (Å²) in [7, 11) is 0. The first-order valence-electron chi connectivity index (χ1n) is 5.96. The van der Waals surface area contributed by atoms with Crippen molar-refractivity contribution in [3.8, 4) is 0 Å². The van der Waals surface area contributed by atoms with Gasteiger partial charge in [0.25, 0.3) is 0 Å². The first-order chi connectivity index (χ1) is 8.15. The van der Waals surface area contributed by atoms with E-state index in [0.717, 1.165) is 0 Å². The van der Waals surface area contributed by atoms with E-state index in [1.807, 2.05) is 13.8 Å². The number of carbonyl (C=O) groups excluding carboxylic acids is 1.